The Kier molecular flexibility index (Phi) is 1.91. The Balaban J connectivity index is 1.95. The molecule has 0 spiro atoms. The van der Waals surface area contributed by atoms with Gasteiger partial charge in [0.1, 0.15) is 0 Å². The van der Waals surface area contributed by atoms with Crippen LogP contribution in [0.25, 0.3) is 0 Å². The average molecular weight is 278 g/mol. The quantitative estimate of drug-likeness (QED) is 0.658. The van der Waals surface area contributed by atoms with E-state index in [1.165, 1.54) is 41.6 Å². The molecule has 1 aromatic heterocycles. The molecule has 4 heteroatoms. The van der Waals surface area contributed by atoms with E-state index in [9.17, 15) is 0 Å². The third-order valence-corrected chi connectivity index (χ3v) is 6.08. The summed E-state index contributed by atoms with van der Waals surface area (Å²) in [5.74, 6) is 1.22. The fourth-order valence-electron chi connectivity index (χ4n) is 2.79. The summed E-state index contributed by atoms with van der Waals surface area (Å²) in [7, 11) is 0. The van der Waals surface area contributed by atoms with Gasteiger partial charge in [-0.25, -0.2) is 0 Å². The number of aliphatic imine (C=N–C) groups is 2. The fraction of sp³-hybridized carbons (Fsp3) is 0.500. The molecule has 16 heavy (non-hydrogen) atoms. The predicted molar refractivity (Wildman–Crippen MR) is 66.3 cm³/mol. The Bertz CT molecular complexity index is 513. The average Bonchev–Trinajstić information content (AvgIpc) is 2.91. The fourth-order valence-corrected chi connectivity index (χ4v) is 5.36. The van der Waals surface area contributed by atoms with Crippen LogP contribution in [0.4, 0.5) is 4.56 Å². The van der Waals surface area contributed by atoms with E-state index in [2.05, 4.69) is 14.9 Å². The summed E-state index contributed by atoms with van der Waals surface area (Å²) in [4.78, 5) is 11.5. The summed E-state index contributed by atoms with van der Waals surface area (Å²) in [5.41, 5.74) is 3.04. The van der Waals surface area contributed by atoms with E-state index < -0.39 is 0 Å². The summed E-state index contributed by atoms with van der Waals surface area (Å²) in [5, 5.41) is 0. The van der Waals surface area contributed by atoms with Gasteiger partial charge in [-0.1, -0.05) is 0 Å². The summed E-state index contributed by atoms with van der Waals surface area (Å²) in [6.07, 6.45) is 7.29. The molecule has 0 saturated carbocycles. The van der Waals surface area contributed by atoms with Gasteiger partial charge in [0.25, 0.3) is 0 Å². The molecule has 1 aromatic rings. The number of fused-ring (bicyclic) bond motifs is 5. The van der Waals surface area contributed by atoms with Crippen molar-refractivity contribution in [3.05, 3.63) is 15.6 Å². The van der Waals surface area contributed by atoms with E-state index in [-0.39, 0.29) is 0 Å². The first kappa shape index (κ1) is 9.20. The standard InChI is InChI=1S/C12H13N3Se/c1-2-4-9-8(3-1)10-11-13-5-6-15(11)7-14-12(10)16-9/h7H,1-6H2. The molecule has 0 atom stereocenters. The second kappa shape index (κ2) is 3.31. The molecular weight excluding hydrogens is 265 g/mol. The van der Waals surface area contributed by atoms with Crippen LogP contribution < -0.4 is 0 Å². The first-order valence-electron chi connectivity index (χ1n) is 5.94. The molecule has 2 aliphatic heterocycles. The number of aryl methyl sites for hydroxylation is 1. The normalized spacial score (nSPS) is 21.5. The molecule has 0 aromatic carbocycles. The maximum absolute atomic E-state index is 4.66. The second-order valence-corrected chi connectivity index (χ2v) is 6.81. The van der Waals surface area contributed by atoms with Crippen LogP contribution in [0.1, 0.15) is 28.4 Å². The Morgan fingerprint density at radius 3 is 3.19 bits per heavy atom. The molecule has 0 N–H and O–H groups in total. The summed E-state index contributed by atoms with van der Waals surface area (Å²) < 4.78 is 3.05. The van der Waals surface area contributed by atoms with Gasteiger partial charge >= 0.3 is 100 Å². The Morgan fingerprint density at radius 1 is 1.25 bits per heavy atom. The molecule has 3 nitrogen and oxygen atoms in total. The molecule has 0 unspecified atom stereocenters. The van der Waals surface area contributed by atoms with Gasteiger partial charge in [-0.15, -0.1) is 0 Å². The topological polar surface area (TPSA) is 28.0 Å². The van der Waals surface area contributed by atoms with Gasteiger partial charge in [-0.3, -0.25) is 0 Å². The molecule has 0 saturated heterocycles. The predicted octanol–water partition coefficient (Wildman–Crippen LogP) is 1.36. The van der Waals surface area contributed by atoms with E-state index in [1.807, 2.05) is 6.34 Å². The summed E-state index contributed by atoms with van der Waals surface area (Å²) >= 11 is 0.499. The van der Waals surface area contributed by atoms with Gasteiger partial charge in [-0.2, -0.15) is 0 Å². The van der Waals surface area contributed by atoms with Crippen LogP contribution in [0.15, 0.2) is 9.98 Å². The van der Waals surface area contributed by atoms with Gasteiger partial charge in [0.15, 0.2) is 0 Å². The molecule has 4 rings (SSSR count). The minimum absolute atomic E-state index is 0.499. The summed E-state index contributed by atoms with van der Waals surface area (Å²) in [6, 6.07) is 0. The SMILES string of the molecule is C1=Nc2[se]c3c(c2C2=NCCN12)CCCC3. The van der Waals surface area contributed by atoms with Gasteiger partial charge in [-0.05, 0) is 0 Å². The zero-order valence-electron chi connectivity index (χ0n) is 9.07. The molecule has 1 aliphatic carbocycles. The molecule has 3 aliphatic rings. The zero-order chi connectivity index (χ0) is 10.5. The van der Waals surface area contributed by atoms with Crippen molar-refractivity contribution in [2.75, 3.05) is 13.1 Å². The van der Waals surface area contributed by atoms with Crippen molar-refractivity contribution in [3.63, 3.8) is 0 Å². The molecular formula is C12H13N3Se. The van der Waals surface area contributed by atoms with E-state index in [4.69, 9.17) is 0 Å². The van der Waals surface area contributed by atoms with Crippen molar-refractivity contribution in [2.45, 2.75) is 25.7 Å². The van der Waals surface area contributed by atoms with Crippen molar-refractivity contribution in [1.82, 2.24) is 4.90 Å². The van der Waals surface area contributed by atoms with Crippen LogP contribution in [0.5, 0.6) is 0 Å². The van der Waals surface area contributed by atoms with Crippen molar-refractivity contribution in [1.29, 1.82) is 0 Å². The van der Waals surface area contributed by atoms with E-state index in [0.717, 1.165) is 13.1 Å². The zero-order valence-corrected chi connectivity index (χ0v) is 10.8. The van der Waals surface area contributed by atoms with Crippen molar-refractivity contribution in [3.8, 4) is 0 Å². The Hall–Kier alpha value is -0.861. The van der Waals surface area contributed by atoms with E-state index in [1.54, 1.807) is 10.0 Å². The van der Waals surface area contributed by atoms with Crippen molar-refractivity contribution >= 4 is 31.2 Å². The van der Waals surface area contributed by atoms with Gasteiger partial charge < -0.3 is 0 Å². The molecule has 0 bridgehead atoms. The number of hydrogen-bond donors (Lipinski definition) is 0. The maximum atomic E-state index is 4.66. The van der Waals surface area contributed by atoms with Crippen LogP contribution in [0, 0.1) is 0 Å². The molecule has 0 amide bonds. The van der Waals surface area contributed by atoms with Crippen molar-refractivity contribution in [2.24, 2.45) is 9.98 Å². The first-order chi connectivity index (χ1) is 7.93. The first-order valence-corrected chi connectivity index (χ1v) is 7.65. The van der Waals surface area contributed by atoms with Crippen LogP contribution in [0.2, 0.25) is 0 Å². The Morgan fingerprint density at radius 2 is 2.19 bits per heavy atom. The molecule has 0 radical (unpaired) electrons. The molecule has 0 fully saturated rings. The van der Waals surface area contributed by atoms with Gasteiger partial charge in [0, 0.05) is 0 Å². The number of nitrogens with zero attached hydrogens (tertiary/aromatic N) is 3. The number of amidine groups is 1. The monoisotopic (exact) mass is 279 g/mol. The summed E-state index contributed by atoms with van der Waals surface area (Å²) in [6.45, 7) is 1.96. The van der Waals surface area contributed by atoms with E-state index >= 15 is 0 Å². The number of hydrogen-bond acceptors (Lipinski definition) is 3. The minimum atomic E-state index is 0.499. The van der Waals surface area contributed by atoms with Crippen molar-refractivity contribution < 1.29 is 0 Å². The number of rotatable bonds is 0. The molecule has 3 heterocycles. The van der Waals surface area contributed by atoms with Gasteiger partial charge in [0.05, 0.1) is 0 Å². The third-order valence-electron chi connectivity index (χ3n) is 3.57. The van der Waals surface area contributed by atoms with Crippen LogP contribution in [0.3, 0.4) is 0 Å². The van der Waals surface area contributed by atoms with E-state index in [0.29, 0.717) is 14.5 Å². The Labute approximate surface area is 101 Å². The third kappa shape index (κ3) is 1.14. The van der Waals surface area contributed by atoms with Crippen LogP contribution in [-0.2, 0) is 12.8 Å². The van der Waals surface area contributed by atoms with Crippen LogP contribution in [-0.4, -0.2) is 44.7 Å². The molecule has 82 valence electrons. The van der Waals surface area contributed by atoms with Crippen LogP contribution >= 0.6 is 0 Å². The second-order valence-electron chi connectivity index (χ2n) is 4.53. The van der Waals surface area contributed by atoms with Gasteiger partial charge in [0.2, 0.25) is 0 Å².